The Morgan fingerprint density at radius 2 is 1.77 bits per heavy atom. The van der Waals surface area contributed by atoms with Crippen LogP contribution in [0.3, 0.4) is 0 Å². The van der Waals surface area contributed by atoms with E-state index in [0.717, 1.165) is 28.7 Å². The first-order valence-corrected chi connectivity index (χ1v) is 9.87. The minimum atomic E-state index is 0.271. The Hall–Kier alpha value is -0.580. The Labute approximate surface area is 145 Å². The van der Waals surface area contributed by atoms with Crippen molar-refractivity contribution in [3.8, 4) is 11.5 Å². The summed E-state index contributed by atoms with van der Waals surface area (Å²) in [6.07, 6.45) is 0. The smallest absolute Gasteiger partial charge is 0.228 e. The molecule has 0 saturated carbocycles. The van der Waals surface area contributed by atoms with Crippen LogP contribution in [0.25, 0.3) is 11.5 Å². The van der Waals surface area contributed by atoms with E-state index < -0.39 is 0 Å². The maximum atomic E-state index is 6.30. The molecule has 0 aliphatic carbocycles. The SMILES string of the molecule is CC(C)(C)C1CSC(c2nc(-c3ccccc3)oc2Cl)SC1. The number of rotatable bonds is 2. The van der Waals surface area contributed by atoms with Crippen molar-refractivity contribution in [2.75, 3.05) is 11.5 Å². The van der Waals surface area contributed by atoms with Crippen molar-refractivity contribution >= 4 is 35.1 Å². The molecule has 5 heteroatoms. The van der Waals surface area contributed by atoms with Crippen LogP contribution in [-0.4, -0.2) is 16.5 Å². The lowest BCUT2D eigenvalue weighted by atomic mass is 9.83. The maximum Gasteiger partial charge on any atom is 0.228 e. The maximum absolute atomic E-state index is 6.30. The van der Waals surface area contributed by atoms with E-state index in [4.69, 9.17) is 16.0 Å². The average Bonchev–Trinajstić information content (AvgIpc) is 2.89. The number of thioether (sulfide) groups is 2. The largest absolute Gasteiger partial charge is 0.424 e. The van der Waals surface area contributed by atoms with Crippen LogP contribution in [0.15, 0.2) is 34.7 Å². The van der Waals surface area contributed by atoms with E-state index in [2.05, 4.69) is 25.8 Å². The van der Waals surface area contributed by atoms with Crippen molar-refractivity contribution in [3.63, 3.8) is 0 Å². The molecule has 1 saturated heterocycles. The first kappa shape index (κ1) is 16.3. The minimum Gasteiger partial charge on any atom is -0.424 e. The zero-order valence-electron chi connectivity index (χ0n) is 13.0. The van der Waals surface area contributed by atoms with Crippen LogP contribution >= 0.6 is 35.1 Å². The zero-order chi connectivity index (χ0) is 15.7. The molecular weight excluding hydrogens is 334 g/mol. The van der Waals surface area contributed by atoms with Crippen molar-refractivity contribution in [1.29, 1.82) is 0 Å². The molecule has 0 unspecified atom stereocenters. The number of benzene rings is 1. The molecule has 1 aromatic heterocycles. The Balaban J connectivity index is 1.76. The van der Waals surface area contributed by atoms with Crippen LogP contribution in [-0.2, 0) is 0 Å². The van der Waals surface area contributed by atoms with E-state index in [9.17, 15) is 0 Å². The molecule has 0 bridgehead atoms. The van der Waals surface area contributed by atoms with Gasteiger partial charge >= 0.3 is 0 Å². The second-order valence-corrected chi connectivity index (χ2v) is 9.52. The molecular formula is C17H20ClNOS2. The van der Waals surface area contributed by atoms with Crippen LogP contribution in [0.1, 0.15) is 31.0 Å². The van der Waals surface area contributed by atoms with Gasteiger partial charge in [-0.25, -0.2) is 4.98 Å². The summed E-state index contributed by atoms with van der Waals surface area (Å²) in [4.78, 5) is 4.65. The molecule has 1 aliphatic rings. The van der Waals surface area contributed by atoms with Gasteiger partial charge in [0, 0.05) is 5.56 Å². The lowest BCUT2D eigenvalue weighted by molar-refractivity contribution is 0.292. The molecule has 2 heterocycles. The van der Waals surface area contributed by atoms with Crippen LogP contribution in [0.4, 0.5) is 0 Å². The third kappa shape index (κ3) is 3.50. The summed E-state index contributed by atoms with van der Waals surface area (Å²) < 4.78 is 5.95. The van der Waals surface area contributed by atoms with Crippen molar-refractivity contribution < 1.29 is 4.42 Å². The monoisotopic (exact) mass is 353 g/mol. The Kier molecular flexibility index (Phi) is 4.81. The highest BCUT2D eigenvalue weighted by Crippen LogP contribution is 2.50. The molecule has 0 amide bonds. The summed E-state index contributed by atoms with van der Waals surface area (Å²) >= 11 is 10.2. The van der Waals surface area contributed by atoms with Crippen LogP contribution in [0.2, 0.25) is 5.22 Å². The third-order valence-electron chi connectivity index (χ3n) is 3.98. The first-order valence-electron chi connectivity index (χ1n) is 7.40. The van der Waals surface area contributed by atoms with Crippen molar-refractivity contribution in [2.45, 2.75) is 25.4 Å². The highest BCUT2D eigenvalue weighted by molar-refractivity contribution is 8.16. The molecule has 0 atom stereocenters. The number of aromatic nitrogens is 1. The quantitative estimate of drug-likeness (QED) is 0.648. The van der Waals surface area contributed by atoms with Crippen LogP contribution < -0.4 is 0 Å². The second-order valence-electron chi connectivity index (χ2n) is 6.61. The fourth-order valence-corrected chi connectivity index (χ4v) is 6.37. The van der Waals surface area contributed by atoms with E-state index >= 15 is 0 Å². The van der Waals surface area contributed by atoms with Gasteiger partial charge in [0.1, 0.15) is 5.69 Å². The first-order chi connectivity index (χ1) is 10.4. The number of oxazole rings is 1. The van der Waals surface area contributed by atoms with Gasteiger partial charge in [0.2, 0.25) is 11.1 Å². The fraction of sp³-hybridized carbons (Fsp3) is 0.471. The highest BCUT2D eigenvalue weighted by Gasteiger charge is 2.33. The number of hydrogen-bond acceptors (Lipinski definition) is 4. The summed E-state index contributed by atoms with van der Waals surface area (Å²) in [5.41, 5.74) is 2.20. The topological polar surface area (TPSA) is 26.0 Å². The van der Waals surface area contributed by atoms with Gasteiger partial charge in [-0.15, -0.1) is 23.5 Å². The van der Waals surface area contributed by atoms with Gasteiger partial charge in [0.25, 0.3) is 0 Å². The molecule has 1 fully saturated rings. The molecule has 22 heavy (non-hydrogen) atoms. The average molecular weight is 354 g/mol. The number of nitrogens with zero attached hydrogens (tertiary/aromatic N) is 1. The van der Waals surface area contributed by atoms with Crippen LogP contribution in [0, 0.1) is 11.3 Å². The van der Waals surface area contributed by atoms with Crippen molar-refractivity contribution in [2.24, 2.45) is 11.3 Å². The molecule has 1 aliphatic heterocycles. The van der Waals surface area contributed by atoms with Gasteiger partial charge in [-0.05, 0) is 46.6 Å². The van der Waals surface area contributed by atoms with E-state index in [1.807, 2.05) is 53.9 Å². The van der Waals surface area contributed by atoms with Gasteiger partial charge in [-0.3, -0.25) is 0 Å². The summed E-state index contributed by atoms with van der Waals surface area (Å²) in [7, 11) is 0. The van der Waals surface area contributed by atoms with Gasteiger partial charge < -0.3 is 4.42 Å². The summed E-state index contributed by atoms with van der Waals surface area (Å²) in [5, 5.41) is 0.429. The van der Waals surface area contributed by atoms with E-state index in [0.29, 0.717) is 16.5 Å². The molecule has 3 rings (SSSR count). The fourth-order valence-electron chi connectivity index (χ4n) is 2.32. The number of hydrogen-bond donors (Lipinski definition) is 0. The molecule has 0 radical (unpaired) electrons. The Bertz CT molecular complexity index is 628. The molecule has 2 aromatic rings. The Morgan fingerprint density at radius 1 is 1.14 bits per heavy atom. The standard InChI is InChI=1S/C17H20ClNOS2/c1-17(2,3)12-9-21-16(22-10-12)13-14(18)20-15(19-13)11-7-5-4-6-8-11/h4-8,12,16H,9-10H2,1-3H3. The molecule has 0 spiro atoms. The molecule has 0 N–H and O–H groups in total. The summed E-state index contributed by atoms with van der Waals surface area (Å²) in [6, 6.07) is 9.91. The van der Waals surface area contributed by atoms with E-state index in [-0.39, 0.29) is 4.58 Å². The molecule has 2 nitrogen and oxygen atoms in total. The summed E-state index contributed by atoms with van der Waals surface area (Å²) in [5.74, 6) is 3.62. The lowest BCUT2D eigenvalue weighted by Crippen LogP contribution is -2.28. The van der Waals surface area contributed by atoms with Crippen molar-refractivity contribution in [1.82, 2.24) is 4.98 Å². The van der Waals surface area contributed by atoms with Crippen LogP contribution in [0.5, 0.6) is 0 Å². The summed E-state index contributed by atoms with van der Waals surface area (Å²) in [6.45, 7) is 6.95. The van der Waals surface area contributed by atoms with Gasteiger partial charge in [-0.1, -0.05) is 39.0 Å². The third-order valence-corrected chi connectivity index (χ3v) is 7.30. The minimum absolute atomic E-state index is 0.271. The Morgan fingerprint density at radius 3 is 2.36 bits per heavy atom. The van der Waals surface area contributed by atoms with Gasteiger partial charge in [0.05, 0.1) is 4.58 Å². The predicted octanol–water partition coefficient (Wildman–Crippen LogP) is 6.14. The molecule has 1 aromatic carbocycles. The number of halogens is 1. The highest BCUT2D eigenvalue weighted by atomic mass is 35.5. The lowest BCUT2D eigenvalue weighted by Gasteiger charge is -2.35. The van der Waals surface area contributed by atoms with Gasteiger partial charge in [0.15, 0.2) is 0 Å². The van der Waals surface area contributed by atoms with E-state index in [1.165, 1.54) is 0 Å². The van der Waals surface area contributed by atoms with Gasteiger partial charge in [-0.2, -0.15) is 0 Å². The normalized spacial score (nSPS) is 22.7. The molecule has 118 valence electrons. The predicted molar refractivity (Wildman–Crippen MR) is 97.6 cm³/mol. The zero-order valence-corrected chi connectivity index (χ0v) is 15.4. The second kappa shape index (κ2) is 6.50. The van der Waals surface area contributed by atoms with E-state index in [1.54, 1.807) is 0 Å². The van der Waals surface area contributed by atoms with Crippen molar-refractivity contribution in [3.05, 3.63) is 41.2 Å².